The van der Waals surface area contributed by atoms with E-state index in [0.29, 0.717) is 36.2 Å². The van der Waals surface area contributed by atoms with Gasteiger partial charge in [0.25, 0.3) is 0 Å². The first-order valence-electron chi connectivity index (χ1n) is 15.2. The smallest absolute Gasteiger partial charge is 0.408 e. The number of nitrogens with zero attached hydrogens (tertiary/aromatic N) is 2. The molecule has 0 aliphatic carbocycles. The minimum absolute atomic E-state index is 0.112. The lowest BCUT2D eigenvalue weighted by atomic mass is 9.88. The largest absolute Gasteiger partial charge is 0.493 e. The first-order valence-corrected chi connectivity index (χ1v) is 16.0. The van der Waals surface area contributed by atoms with Crippen LogP contribution in [0.1, 0.15) is 76.3 Å². The highest BCUT2D eigenvalue weighted by Crippen LogP contribution is 2.36. The van der Waals surface area contributed by atoms with E-state index in [1.807, 2.05) is 29.2 Å². The maximum Gasteiger partial charge on any atom is 0.408 e. The lowest BCUT2D eigenvalue weighted by Gasteiger charge is -2.35. The van der Waals surface area contributed by atoms with Crippen LogP contribution in [0.25, 0.3) is 0 Å². The Hall–Kier alpha value is -2.48. The minimum atomic E-state index is -0.744. The van der Waals surface area contributed by atoms with Gasteiger partial charge < -0.3 is 24.6 Å². The molecule has 2 aliphatic rings. The van der Waals surface area contributed by atoms with E-state index in [0.717, 1.165) is 42.7 Å². The highest BCUT2D eigenvalue weighted by Gasteiger charge is 2.32. The van der Waals surface area contributed by atoms with Crippen molar-refractivity contribution in [2.75, 3.05) is 39.3 Å². The zero-order valence-corrected chi connectivity index (χ0v) is 26.7. The molecular weight excluding hydrogens is 573 g/mol. The average molecular weight is 619 g/mol. The predicted molar refractivity (Wildman–Crippen MR) is 169 cm³/mol. The fraction of sp³-hybridized carbons (Fsp3) is 0.576. The highest BCUT2D eigenvalue weighted by molar-refractivity contribution is 6.31. The first-order chi connectivity index (χ1) is 20.1. The molecule has 1 atom stereocenters. The molecule has 2 aliphatic heterocycles. The molecular formula is C33H45Cl2N3O4. The maximum atomic E-state index is 13.7. The van der Waals surface area contributed by atoms with Crippen LogP contribution in [0.15, 0.2) is 42.5 Å². The van der Waals surface area contributed by atoms with Crippen LogP contribution in [0.4, 0.5) is 4.79 Å². The molecule has 2 saturated heterocycles. The molecule has 2 fully saturated rings. The Bertz CT molecular complexity index is 1170. The first kappa shape index (κ1) is 32.4. The van der Waals surface area contributed by atoms with Crippen LogP contribution in [0.3, 0.4) is 0 Å². The molecule has 0 unspecified atom stereocenters. The number of hydrogen-bond acceptors (Lipinski definition) is 5. The van der Waals surface area contributed by atoms with Crippen LogP contribution < -0.4 is 10.1 Å². The van der Waals surface area contributed by atoms with Gasteiger partial charge in [-0.05, 0) is 107 Å². The van der Waals surface area contributed by atoms with Gasteiger partial charge in [-0.1, -0.05) is 47.8 Å². The van der Waals surface area contributed by atoms with Gasteiger partial charge in [0.15, 0.2) is 0 Å². The van der Waals surface area contributed by atoms with E-state index in [1.54, 1.807) is 32.9 Å². The Morgan fingerprint density at radius 1 is 0.952 bits per heavy atom. The molecule has 42 heavy (non-hydrogen) atoms. The van der Waals surface area contributed by atoms with Crippen LogP contribution in [-0.2, 0) is 16.0 Å². The van der Waals surface area contributed by atoms with Crippen LogP contribution >= 0.6 is 23.2 Å². The average Bonchev–Trinajstić information content (AvgIpc) is 2.95. The fourth-order valence-electron chi connectivity index (χ4n) is 5.76. The third-order valence-electron chi connectivity index (χ3n) is 7.89. The molecule has 9 heteroatoms. The predicted octanol–water partition coefficient (Wildman–Crippen LogP) is 7.09. The highest BCUT2D eigenvalue weighted by atomic mass is 35.5. The van der Waals surface area contributed by atoms with Crippen molar-refractivity contribution in [3.8, 4) is 5.75 Å². The molecule has 230 valence electrons. The molecule has 4 rings (SSSR count). The van der Waals surface area contributed by atoms with Gasteiger partial charge in [0.1, 0.15) is 17.4 Å². The van der Waals surface area contributed by atoms with Gasteiger partial charge >= 0.3 is 6.09 Å². The normalized spacial score (nSPS) is 17.5. The van der Waals surface area contributed by atoms with E-state index in [2.05, 4.69) is 16.3 Å². The van der Waals surface area contributed by atoms with Crippen LogP contribution in [0, 0.1) is 0 Å². The summed E-state index contributed by atoms with van der Waals surface area (Å²) in [5.74, 6) is 0.995. The molecule has 2 heterocycles. The summed E-state index contributed by atoms with van der Waals surface area (Å²) in [6, 6.07) is 12.5. The van der Waals surface area contributed by atoms with Crippen molar-refractivity contribution in [2.24, 2.45) is 0 Å². The zero-order chi connectivity index (χ0) is 30.1. The van der Waals surface area contributed by atoms with Crippen molar-refractivity contribution >= 4 is 35.2 Å². The van der Waals surface area contributed by atoms with Gasteiger partial charge in [-0.2, -0.15) is 0 Å². The second-order valence-corrected chi connectivity index (χ2v) is 13.3. The van der Waals surface area contributed by atoms with E-state index >= 15 is 0 Å². The van der Waals surface area contributed by atoms with Crippen molar-refractivity contribution < 1.29 is 19.1 Å². The lowest BCUT2D eigenvalue weighted by Crippen LogP contribution is -2.52. The van der Waals surface area contributed by atoms with Crippen molar-refractivity contribution in [3.63, 3.8) is 0 Å². The topological polar surface area (TPSA) is 71.1 Å². The van der Waals surface area contributed by atoms with E-state index in [-0.39, 0.29) is 11.8 Å². The molecule has 0 aromatic heterocycles. The third-order valence-corrected chi connectivity index (χ3v) is 8.38. The maximum absolute atomic E-state index is 13.7. The number of amides is 2. The molecule has 2 amide bonds. The summed E-state index contributed by atoms with van der Waals surface area (Å²) in [6.45, 7) is 10.7. The molecule has 1 N–H and O–H groups in total. The van der Waals surface area contributed by atoms with E-state index in [1.165, 1.54) is 32.4 Å². The van der Waals surface area contributed by atoms with Crippen LogP contribution in [0.2, 0.25) is 10.0 Å². The number of piperidine rings is 2. The lowest BCUT2D eigenvalue weighted by molar-refractivity contribution is -0.134. The van der Waals surface area contributed by atoms with Gasteiger partial charge in [-0.15, -0.1) is 0 Å². The summed E-state index contributed by atoms with van der Waals surface area (Å²) in [7, 11) is 0. The summed E-state index contributed by atoms with van der Waals surface area (Å²) >= 11 is 12.4. The number of hydrogen-bond donors (Lipinski definition) is 1. The molecule has 0 spiro atoms. The van der Waals surface area contributed by atoms with Gasteiger partial charge in [0.05, 0.1) is 6.61 Å². The second-order valence-electron chi connectivity index (χ2n) is 12.4. The van der Waals surface area contributed by atoms with Crippen molar-refractivity contribution in [1.29, 1.82) is 0 Å². The van der Waals surface area contributed by atoms with Gasteiger partial charge in [0.2, 0.25) is 5.91 Å². The molecule has 0 saturated carbocycles. The summed E-state index contributed by atoms with van der Waals surface area (Å²) in [5.41, 5.74) is 1.39. The SMILES string of the molecule is CC(C)(C)OC(=O)N[C@H](Cc1ccc(Cl)cc1)C(=O)N1CCC(c2ccc(Cl)cc2OCCCN2CCCCC2)CC1. The number of ether oxygens (including phenoxy) is 2. The quantitative estimate of drug-likeness (QED) is 0.288. The number of halogens is 2. The minimum Gasteiger partial charge on any atom is -0.493 e. The Kier molecular flexibility index (Phi) is 11.8. The summed E-state index contributed by atoms with van der Waals surface area (Å²) in [5, 5.41) is 4.11. The van der Waals surface area contributed by atoms with Crippen LogP contribution in [-0.4, -0.2) is 72.8 Å². The Labute approximate surface area is 260 Å². The van der Waals surface area contributed by atoms with E-state index in [9.17, 15) is 9.59 Å². The molecule has 0 bridgehead atoms. The summed E-state index contributed by atoms with van der Waals surface area (Å²) < 4.78 is 11.7. The summed E-state index contributed by atoms with van der Waals surface area (Å²) in [4.78, 5) is 30.7. The number of carbonyl (C=O) groups is 2. The Morgan fingerprint density at radius 2 is 1.62 bits per heavy atom. The van der Waals surface area contributed by atoms with E-state index < -0.39 is 17.7 Å². The molecule has 2 aromatic carbocycles. The van der Waals surface area contributed by atoms with Crippen molar-refractivity contribution in [3.05, 3.63) is 63.6 Å². The third kappa shape index (κ3) is 10.1. The van der Waals surface area contributed by atoms with Crippen LogP contribution in [0.5, 0.6) is 5.75 Å². The second kappa shape index (κ2) is 15.3. The van der Waals surface area contributed by atoms with Gasteiger partial charge in [0, 0.05) is 36.1 Å². The summed E-state index contributed by atoms with van der Waals surface area (Å²) in [6.07, 6.45) is 6.26. The van der Waals surface area contributed by atoms with Crippen molar-refractivity contribution in [2.45, 2.75) is 83.3 Å². The number of nitrogens with one attached hydrogen (secondary N) is 1. The molecule has 0 radical (unpaired) electrons. The van der Waals surface area contributed by atoms with Gasteiger partial charge in [-0.25, -0.2) is 4.79 Å². The number of benzene rings is 2. The fourth-order valence-corrected chi connectivity index (χ4v) is 6.05. The van der Waals surface area contributed by atoms with Crippen molar-refractivity contribution in [1.82, 2.24) is 15.1 Å². The monoisotopic (exact) mass is 617 g/mol. The van der Waals surface area contributed by atoms with Gasteiger partial charge in [-0.3, -0.25) is 4.79 Å². The molecule has 2 aromatic rings. The zero-order valence-electron chi connectivity index (χ0n) is 25.2. The standard InChI is InChI=1S/C33H45Cl2N3O4/c1-33(2,3)42-32(40)36-29(22-24-8-10-26(34)11-9-24)31(39)38-19-14-25(15-20-38)28-13-12-27(35)23-30(28)41-21-7-18-37-16-5-4-6-17-37/h8-13,23,25,29H,4-7,14-22H2,1-3H3,(H,36,40)/t29-/m1/s1. The Balaban J connectivity index is 1.36. The van der Waals surface area contributed by atoms with E-state index in [4.69, 9.17) is 32.7 Å². The Morgan fingerprint density at radius 3 is 2.29 bits per heavy atom. The number of likely N-dealkylation sites (tertiary alicyclic amines) is 2. The number of carbonyl (C=O) groups excluding carboxylic acids is 2. The number of alkyl carbamates (subject to hydrolysis) is 1. The molecule has 7 nitrogen and oxygen atoms in total. The number of rotatable bonds is 10.